The Balaban J connectivity index is 2.35. The first-order valence-corrected chi connectivity index (χ1v) is 4.54. The van der Waals surface area contributed by atoms with E-state index >= 15 is 0 Å². The molecule has 74 valence electrons. The van der Waals surface area contributed by atoms with E-state index < -0.39 is 11.6 Å². The maximum absolute atomic E-state index is 10.6. The topological polar surface area (TPSA) is 70.4 Å². The summed E-state index contributed by atoms with van der Waals surface area (Å²) >= 11 is 0. The number of aromatic nitrogens is 1. The summed E-state index contributed by atoms with van der Waals surface area (Å²) in [6, 6.07) is 3.12. The molecule has 1 aromatic heterocycles. The van der Waals surface area contributed by atoms with Gasteiger partial charge in [-0.05, 0) is 37.0 Å². The third kappa shape index (κ3) is 1.37. The summed E-state index contributed by atoms with van der Waals surface area (Å²) in [5.74, 6) is -1.06. The van der Waals surface area contributed by atoms with Crippen molar-refractivity contribution in [1.29, 1.82) is 0 Å². The summed E-state index contributed by atoms with van der Waals surface area (Å²) in [5.41, 5.74) is -0.161. The first kappa shape index (κ1) is 9.15. The Kier molecular flexibility index (Phi) is 2.00. The summed E-state index contributed by atoms with van der Waals surface area (Å²) in [4.78, 5) is 14.3. The molecule has 1 heterocycles. The first-order chi connectivity index (χ1) is 6.62. The van der Waals surface area contributed by atoms with Gasteiger partial charge in [-0.25, -0.2) is 9.78 Å². The molecule has 1 aliphatic rings. The maximum atomic E-state index is 10.6. The standard InChI is InChI=1S/C10H11NO3/c12-9(13)8-6-7(2-5-11-8)10(14)3-1-4-10/h2,5-6,14H,1,3-4H2,(H,12,13). The second kappa shape index (κ2) is 3.06. The zero-order valence-corrected chi connectivity index (χ0v) is 7.60. The molecule has 0 amide bonds. The third-order valence-electron chi connectivity index (χ3n) is 2.70. The van der Waals surface area contributed by atoms with Crippen LogP contribution in [0.1, 0.15) is 35.3 Å². The molecule has 1 aromatic rings. The highest BCUT2D eigenvalue weighted by atomic mass is 16.4. The quantitative estimate of drug-likeness (QED) is 0.739. The number of aliphatic hydroxyl groups is 1. The molecule has 1 fully saturated rings. The number of aromatic carboxylic acids is 1. The number of carboxylic acids is 1. The predicted molar refractivity (Wildman–Crippen MR) is 48.9 cm³/mol. The van der Waals surface area contributed by atoms with Crippen LogP contribution in [0, 0.1) is 0 Å². The van der Waals surface area contributed by atoms with Gasteiger partial charge in [-0.2, -0.15) is 0 Å². The Morgan fingerprint density at radius 1 is 1.50 bits per heavy atom. The summed E-state index contributed by atoms with van der Waals surface area (Å²) in [6.07, 6.45) is 3.82. The Morgan fingerprint density at radius 2 is 2.21 bits per heavy atom. The van der Waals surface area contributed by atoms with E-state index in [1.165, 1.54) is 12.3 Å². The molecule has 0 saturated heterocycles. The third-order valence-corrected chi connectivity index (χ3v) is 2.70. The average molecular weight is 193 g/mol. The lowest BCUT2D eigenvalue weighted by Crippen LogP contribution is -2.33. The molecule has 0 aromatic carbocycles. The van der Waals surface area contributed by atoms with Crippen molar-refractivity contribution in [2.45, 2.75) is 24.9 Å². The molecule has 14 heavy (non-hydrogen) atoms. The monoisotopic (exact) mass is 193 g/mol. The molecular weight excluding hydrogens is 182 g/mol. The van der Waals surface area contributed by atoms with Crippen molar-refractivity contribution < 1.29 is 15.0 Å². The molecular formula is C10H11NO3. The van der Waals surface area contributed by atoms with Gasteiger partial charge in [0.1, 0.15) is 5.69 Å². The molecule has 0 atom stereocenters. The van der Waals surface area contributed by atoms with Crippen LogP contribution in [0.5, 0.6) is 0 Å². The van der Waals surface area contributed by atoms with Crippen molar-refractivity contribution in [3.63, 3.8) is 0 Å². The minimum absolute atomic E-state index is 0.0113. The van der Waals surface area contributed by atoms with Gasteiger partial charge in [0.05, 0.1) is 5.60 Å². The van der Waals surface area contributed by atoms with Crippen molar-refractivity contribution >= 4 is 5.97 Å². The van der Waals surface area contributed by atoms with E-state index in [4.69, 9.17) is 5.11 Å². The predicted octanol–water partition coefficient (Wildman–Crippen LogP) is 1.15. The fourth-order valence-corrected chi connectivity index (χ4v) is 1.64. The van der Waals surface area contributed by atoms with Gasteiger partial charge in [0.2, 0.25) is 0 Å². The van der Waals surface area contributed by atoms with E-state index in [2.05, 4.69) is 4.98 Å². The highest BCUT2D eigenvalue weighted by Gasteiger charge is 2.36. The molecule has 2 rings (SSSR count). The van der Waals surface area contributed by atoms with Crippen molar-refractivity contribution in [2.24, 2.45) is 0 Å². The number of hydrogen-bond donors (Lipinski definition) is 2. The van der Waals surface area contributed by atoms with Crippen LogP contribution in [-0.4, -0.2) is 21.2 Å². The summed E-state index contributed by atoms with van der Waals surface area (Å²) in [5, 5.41) is 18.7. The summed E-state index contributed by atoms with van der Waals surface area (Å²) < 4.78 is 0. The number of hydrogen-bond acceptors (Lipinski definition) is 3. The van der Waals surface area contributed by atoms with Crippen LogP contribution in [0.3, 0.4) is 0 Å². The van der Waals surface area contributed by atoms with Gasteiger partial charge < -0.3 is 10.2 Å². The summed E-state index contributed by atoms with van der Waals surface area (Å²) in [7, 11) is 0. The lowest BCUT2D eigenvalue weighted by Gasteiger charge is -2.37. The van der Waals surface area contributed by atoms with E-state index in [1.54, 1.807) is 6.07 Å². The number of rotatable bonds is 2. The number of carboxylic acid groups (broad SMARTS) is 1. The smallest absolute Gasteiger partial charge is 0.354 e. The van der Waals surface area contributed by atoms with Gasteiger partial charge in [-0.1, -0.05) is 0 Å². The van der Waals surface area contributed by atoms with E-state index in [1.807, 2.05) is 0 Å². The van der Waals surface area contributed by atoms with Gasteiger partial charge >= 0.3 is 5.97 Å². The second-order valence-corrected chi connectivity index (χ2v) is 3.62. The number of carbonyl (C=O) groups is 1. The van der Waals surface area contributed by atoms with Gasteiger partial charge in [0.25, 0.3) is 0 Å². The zero-order valence-electron chi connectivity index (χ0n) is 7.60. The van der Waals surface area contributed by atoms with Crippen molar-refractivity contribution in [3.05, 3.63) is 29.6 Å². The molecule has 4 nitrogen and oxygen atoms in total. The van der Waals surface area contributed by atoms with Crippen LogP contribution in [0.15, 0.2) is 18.3 Å². The average Bonchev–Trinajstić information content (AvgIpc) is 2.14. The Morgan fingerprint density at radius 3 is 2.71 bits per heavy atom. The van der Waals surface area contributed by atoms with Crippen molar-refractivity contribution in [3.8, 4) is 0 Å². The molecule has 0 spiro atoms. The fourth-order valence-electron chi connectivity index (χ4n) is 1.64. The summed E-state index contributed by atoms with van der Waals surface area (Å²) in [6.45, 7) is 0. The van der Waals surface area contributed by atoms with Crippen LogP contribution < -0.4 is 0 Å². The van der Waals surface area contributed by atoms with E-state index in [0.717, 1.165) is 6.42 Å². The maximum Gasteiger partial charge on any atom is 0.354 e. The molecule has 0 aliphatic heterocycles. The normalized spacial score (nSPS) is 18.6. The Labute approximate surface area is 81.2 Å². The van der Waals surface area contributed by atoms with Crippen LogP contribution in [0.4, 0.5) is 0 Å². The highest BCUT2D eigenvalue weighted by molar-refractivity contribution is 5.85. The minimum atomic E-state index is -1.06. The first-order valence-electron chi connectivity index (χ1n) is 4.54. The molecule has 0 unspecified atom stereocenters. The second-order valence-electron chi connectivity index (χ2n) is 3.62. The Bertz CT molecular complexity index is 371. The van der Waals surface area contributed by atoms with E-state index in [-0.39, 0.29) is 5.69 Å². The van der Waals surface area contributed by atoms with Gasteiger partial charge in [0.15, 0.2) is 0 Å². The van der Waals surface area contributed by atoms with Crippen molar-refractivity contribution in [1.82, 2.24) is 4.98 Å². The number of nitrogens with zero attached hydrogens (tertiary/aromatic N) is 1. The van der Waals surface area contributed by atoms with E-state index in [0.29, 0.717) is 18.4 Å². The largest absolute Gasteiger partial charge is 0.477 e. The molecule has 4 heteroatoms. The van der Waals surface area contributed by atoms with Gasteiger partial charge in [0, 0.05) is 6.20 Å². The highest BCUT2D eigenvalue weighted by Crippen LogP contribution is 2.40. The molecule has 0 bridgehead atoms. The van der Waals surface area contributed by atoms with Gasteiger partial charge in [-0.3, -0.25) is 0 Å². The van der Waals surface area contributed by atoms with Crippen LogP contribution >= 0.6 is 0 Å². The number of pyridine rings is 1. The Hall–Kier alpha value is -1.42. The zero-order chi connectivity index (χ0) is 10.2. The molecule has 0 radical (unpaired) electrons. The van der Waals surface area contributed by atoms with E-state index in [9.17, 15) is 9.90 Å². The molecule has 2 N–H and O–H groups in total. The van der Waals surface area contributed by atoms with Crippen molar-refractivity contribution in [2.75, 3.05) is 0 Å². The minimum Gasteiger partial charge on any atom is -0.477 e. The fraction of sp³-hybridized carbons (Fsp3) is 0.400. The lowest BCUT2D eigenvalue weighted by molar-refractivity contribution is -0.0389. The van der Waals surface area contributed by atoms with Crippen LogP contribution in [0.25, 0.3) is 0 Å². The molecule has 1 saturated carbocycles. The lowest BCUT2D eigenvalue weighted by atomic mass is 9.75. The van der Waals surface area contributed by atoms with Crippen LogP contribution in [-0.2, 0) is 5.60 Å². The van der Waals surface area contributed by atoms with Gasteiger partial charge in [-0.15, -0.1) is 0 Å². The molecule has 1 aliphatic carbocycles. The van der Waals surface area contributed by atoms with Crippen LogP contribution in [0.2, 0.25) is 0 Å². The SMILES string of the molecule is O=C(O)c1cc(C2(O)CCC2)ccn1.